The van der Waals surface area contributed by atoms with Crippen molar-refractivity contribution in [2.75, 3.05) is 7.11 Å². The zero-order chi connectivity index (χ0) is 15.0. The van der Waals surface area contributed by atoms with Crippen molar-refractivity contribution in [2.24, 2.45) is 5.92 Å². The highest BCUT2D eigenvalue weighted by Gasteiger charge is 2.23. The normalized spacial score (nSPS) is 22.4. The molecule has 1 heterocycles. The molecule has 1 saturated carbocycles. The first-order valence-electron chi connectivity index (χ1n) is 7.26. The van der Waals surface area contributed by atoms with Crippen molar-refractivity contribution in [3.8, 4) is 0 Å². The zero-order valence-corrected chi connectivity index (χ0v) is 14.6. The Kier molecular flexibility index (Phi) is 4.31. The molecule has 1 fully saturated rings. The predicted octanol–water partition coefficient (Wildman–Crippen LogP) is 5.14. The molecule has 0 radical (unpaired) electrons. The van der Waals surface area contributed by atoms with Crippen LogP contribution in [0.3, 0.4) is 0 Å². The Labute approximate surface area is 136 Å². The van der Waals surface area contributed by atoms with Crippen molar-refractivity contribution in [1.82, 2.24) is 4.98 Å². The number of hydrogen-bond acceptors (Lipinski definition) is 4. The molecule has 0 N–H and O–H groups in total. The molecule has 1 aliphatic rings. The molecule has 5 heteroatoms. The molecule has 0 bridgehead atoms. The monoisotopic (exact) mass is 367 g/mol. The quantitative estimate of drug-likeness (QED) is 0.689. The van der Waals surface area contributed by atoms with Crippen LogP contribution in [0.25, 0.3) is 10.2 Å². The summed E-state index contributed by atoms with van der Waals surface area (Å²) in [6.07, 6.45) is 5.04. The van der Waals surface area contributed by atoms with Gasteiger partial charge in [0.05, 0.1) is 27.9 Å². The lowest BCUT2D eigenvalue weighted by Crippen LogP contribution is -2.10. The maximum Gasteiger partial charge on any atom is 0.339 e. The lowest BCUT2D eigenvalue weighted by atomic mass is 9.83. The molecule has 1 aromatic heterocycles. The van der Waals surface area contributed by atoms with Gasteiger partial charge in [0.2, 0.25) is 0 Å². The van der Waals surface area contributed by atoms with Crippen LogP contribution in [0.15, 0.2) is 16.6 Å². The molecule has 0 saturated heterocycles. The van der Waals surface area contributed by atoms with E-state index in [4.69, 9.17) is 9.72 Å². The van der Waals surface area contributed by atoms with Crippen molar-refractivity contribution in [3.63, 3.8) is 0 Å². The molecule has 3 rings (SSSR count). The van der Waals surface area contributed by atoms with Gasteiger partial charge in [0.15, 0.2) is 0 Å². The Balaban J connectivity index is 1.94. The van der Waals surface area contributed by atoms with E-state index in [1.165, 1.54) is 37.8 Å². The van der Waals surface area contributed by atoms with E-state index in [0.717, 1.165) is 20.6 Å². The van der Waals surface area contributed by atoms with Gasteiger partial charge in [0.25, 0.3) is 0 Å². The third kappa shape index (κ3) is 2.99. The van der Waals surface area contributed by atoms with Crippen LogP contribution in [0.2, 0.25) is 0 Å². The summed E-state index contributed by atoms with van der Waals surface area (Å²) in [4.78, 5) is 16.5. The van der Waals surface area contributed by atoms with E-state index in [1.807, 2.05) is 12.1 Å². The van der Waals surface area contributed by atoms with Gasteiger partial charge in [0.1, 0.15) is 0 Å². The van der Waals surface area contributed by atoms with Crippen molar-refractivity contribution in [2.45, 2.75) is 38.5 Å². The molecule has 0 spiro atoms. The van der Waals surface area contributed by atoms with E-state index in [1.54, 1.807) is 11.3 Å². The lowest BCUT2D eigenvalue weighted by Gasteiger charge is -2.24. The van der Waals surface area contributed by atoms with Crippen LogP contribution in [-0.2, 0) is 4.74 Å². The molecule has 3 nitrogen and oxygen atoms in total. The number of nitrogens with zero attached hydrogens (tertiary/aromatic N) is 1. The number of hydrogen-bond donors (Lipinski definition) is 0. The van der Waals surface area contributed by atoms with Crippen molar-refractivity contribution in [1.29, 1.82) is 0 Å². The highest BCUT2D eigenvalue weighted by molar-refractivity contribution is 9.10. The highest BCUT2D eigenvalue weighted by atomic mass is 79.9. The van der Waals surface area contributed by atoms with Crippen molar-refractivity contribution < 1.29 is 9.53 Å². The van der Waals surface area contributed by atoms with Gasteiger partial charge in [0, 0.05) is 10.4 Å². The number of methoxy groups -OCH3 is 1. The van der Waals surface area contributed by atoms with Gasteiger partial charge >= 0.3 is 5.97 Å². The molecule has 2 aromatic rings. The van der Waals surface area contributed by atoms with Crippen molar-refractivity contribution in [3.05, 3.63) is 27.2 Å². The molecule has 0 aliphatic heterocycles. The van der Waals surface area contributed by atoms with Crippen LogP contribution < -0.4 is 0 Å². The number of fused-ring (bicyclic) bond motifs is 1. The molecule has 0 unspecified atom stereocenters. The predicted molar refractivity (Wildman–Crippen MR) is 89.0 cm³/mol. The molecular formula is C16H18BrNO2S. The summed E-state index contributed by atoms with van der Waals surface area (Å²) in [6.45, 7) is 2.33. The molecule has 112 valence electrons. The Hall–Kier alpha value is -0.940. The van der Waals surface area contributed by atoms with E-state index in [0.29, 0.717) is 11.5 Å². The number of thiazole rings is 1. The van der Waals surface area contributed by atoms with Gasteiger partial charge in [-0.15, -0.1) is 11.3 Å². The third-order valence-electron chi connectivity index (χ3n) is 4.26. The van der Waals surface area contributed by atoms with Gasteiger partial charge in [-0.25, -0.2) is 9.78 Å². The number of halogens is 1. The van der Waals surface area contributed by atoms with E-state index >= 15 is 0 Å². The fourth-order valence-corrected chi connectivity index (χ4v) is 4.73. The summed E-state index contributed by atoms with van der Waals surface area (Å²) < 4.78 is 6.71. The molecule has 21 heavy (non-hydrogen) atoms. The minimum Gasteiger partial charge on any atom is -0.465 e. The number of esters is 1. The van der Waals surface area contributed by atoms with Crippen LogP contribution in [0.5, 0.6) is 0 Å². The second-order valence-electron chi connectivity index (χ2n) is 5.80. The standard InChI is InChI=1S/C16H18BrNO2S/c1-9-3-5-10(6-4-9)15-18-13-7-11(16(19)20-2)12(17)8-14(13)21-15/h7-10H,3-6H2,1-2H3/t9-,10-. The summed E-state index contributed by atoms with van der Waals surface area (Å²) in [7, 11) is 1.40. The molecule has 0 amide bonds. The van der Waals surface area contributed by atoms with Gasteiger partial charge in [-0.1, -0.05) is 19.8 Å². The largest absolute Gasteiger partial charge is 0.465 e. The number of benzene rings is 1. The van der Waals surface area contributed by atoms with Crippen LogP contribution >= 0.6 is 27.3 Å². The average Bonchev–Trinajstić information content (AvgIpc) is 2.89. The maximum atomic E-state index is 11.7. The van der Waals surface area contributed by atoms with Crippen LogP contribution in [0, 0.1) is 5.92 Å². The summed E-state index contributed by atoms with van der Waals surface area (Å²) in [6, 6.07) is 3.81. The first-order valence-corrected chi connectivity index (χ1v) is 8.87. The van der Waals surface area contributed by atoms with E-state index in [2.05, 4.69) is 22.9 Å². The Bertz CT molecular complexity index is 674. The molecular weight excluding hydrogens is 350 g/mol. The first kappa shape index (κ1) is 15.0. The van der Waals surface area contributed by atoms with Crippen LogP contribution in [-0.4, -0.2) is 18.1 Å². The van der Waals surface area contributed by atoms with Gasteiger partial charge in [-0.3, -0.25) is 0 Å². The number of ether oxygens (including phenoxy) is 1. The van der Waals surface area contributed by atoms with Gasteiger partial charge < -0.3 is 4.74 Å². The summed E-state index contributed by atoms with van der Waals surface area (Å²) in [5, 5.41) is 1.21. The van der Waals surface area contributed by atoms with Gasteiger partial charge in [-0.2, -0.15) is 0 Å². The van der Waals surface area contributed by atoms with E-state index < -0.39 is 0 Å². The SMILES string of the molecule is COC(=O)c1cc2nc([C@H]3CC[C@H](C)CC3)sc2cc1Br. The minimum atomic E-state index is -0.329. The van der Waals surface area contributed by atoms with E-state index in [-0.39, 0.29) is 5.97 Å². The third-order valence-corrected chi connectivity index (χ3v) is 6.10. The lowest BCUT2D eigenvalue weighted by molar-refractivity contribution is 0.0600. The smallest absolute Gasteiger partial charge is 0.339 e. The van der Waals surface area contributed by atoms with Crippen LogP contribution in [0.1, 0.15) is 53.9 Å². The van der Waals surface area contributed by atoms with Crippen LogP contribution in [0.4, 0.5) is 0 Å². The first-order chi connectivity index (χ1) is 10.1. The zero-order valence-electron chi connectivity index (χ0n) is 12.2. The highest BCUT2D eigenvalue weighted by Crippen LogP contribution is 2.39. The fourth-order valence-electron chi connectivity index (χ4n) is 2.91. The molecule has 1 aliphatic carbocycles. The average molecular weight is 368 g/mol. The topological polar surface area (TPSA) is 39.2 Å². The molecule has 1 aromatic carbocycles. The Morgan fingerprint density at radius 1 is 1.33 bits per heavy atom. The number of carbonyl (C=O) groups excluding carboxylic acids is 1. The van der Waals surface area contributed by atoms with Gasteiger partial charge in [-0.05, 0) is 46.8 Å². The Morgan fingerprint density at radius 2 is 2.05 bits per heavy atom. The second-order valence-corrected chi connectivity index (χ2v) is 7.72. The Morgan fingerprint density at radius 3 is 2.71 bits per heavy atom. The molecule has 0 atom stereocenters. The maximum absolute atomic E-state index is 11.7. The number of rotatable bonds is 2. The minimum absolute atomic E-state index is 0.329. The van der Waals surface area contributed by atoms with E-state index in [9.17, 15) is 4.79 Å². The number of carbonyl (C=O) groups is 1. The summed E-state index contributed by atoms with van der Waals surface area (Å²) >= 11 is 5.20. The van der Waals surface area contributed by atoms with Crippen molar-refractivity contribution >= 4 is 43.5 Å². The summed E-state index contributed by atoms with van der Waals surface area (Å²) in [5.41, 5.74) is 1.44. The summed E-state index contributed by atoms with van der Waals surface area (Å²) in [5.74, 6) is 1.10. The fraction of sp³-hybridized carbons (Fsp3) is 0.500. The number of aromatic nitrogens is 1. The second kappa shape index (κ2) is 6.05.